The Balaban J connectivity index is 2.49. The average molecular weight is 110 g/mol. The SMILES string of the molecule is C=CC1=NCC(C)N1. The van der Waals surface area contributed by atoms with E-state index in [1.807, 2.05) is 0 Å². The van der Waals surface area contributed by atoms with Gasteiger partial charge in [0, 0.05) is 6.04 Å². The fourth-order valence-electron chi connectivity index (χ4n) is 0.702. The van der Waals surface area contributed by atoms with Gasteiger partial charge in [-0.2, -0.15) is 0 Å². The number of hydrogen-bond donors (Lipinski definition) is 1. The van der Waals surface area contributed by atoms with Crippen molar-refractivity contribution in [3.05, 3.63) is 12.7 Å². The summed E-state index contributed by atoms with van der Waals surface area (Å²) in [5.74, 6) is 0.928. The molecule has 1 aliphatic heterocycles. The van der Waals surface area contributed by atoms with E-state index < -0.39 is 0 Å². The summed E-state index contributed by atoms with van der Waals surface area (Å²) >= 11 is 0. The third kappa shape index (κ3) is 0.886. The molecule has 0 aliphatic carbocycles. The maximum atomic E-state index is 4.12. The van der Waals surface area contributed by atoms with Gasteiger partial charge >= 0.3 is 0 Å². The Hall–Kier alpha value is -0.790. The smallest absolute Gasteiger partial charge is 0.120 e. The summed E-state index contributed by atoms with van der Waals surface area (Å²) < 4.78 is 0. The molecule has 44 valence electrons. The van der Waals surface area contributed by atoms with Crippen LogP contribution in [0.15, 0.2) is 17.6 Å². The van der Waals surface area contributed by atoms with Crippen molar-refractivity contribution >= 4 is 5.84 Å². The van der Waals surface area contributed by atoms with Gasteiger partial charge in [-0.1, -0.05) is 6.58 Å². The molecule has 1 rings (SSSR count). The molecular formula is C6H10N2. The summed E-state index contributed by atoms with van der Waals surface area (Å²) in [6.07, 6.45) is 1.74. The minimum absolute atomic E-state index is 0.503. The zero-order valence-corrected chi connectivity index (χ0v) is 5.02. The van der Waals surface area contributed by atoms with E-state index in [2.05, 4.69) is 23.8 Å². The Kier molecular flexibility index (Phi) is 1.33. The van der Waals surface area contributed by atoms with Crippen molar-refractivity contribution in [3.63, 3.8) is 0 Å². The van der Waals surface area contributed by atoms with Crippen LogP contribution >= 0.6 is 0 Å². The zero-order valence-electron chi connectivity index (χ0n) is 5.02. The molecule has 0 radical (unpaired) electrons. The molecule has 0 bridgehead atoms. The summed E-state index contributed by atoms with van der Waals surface area (Å²) in [6, 6.07) is 0.503. The van der Waals surface area contributed by atoms with Gasteiger partial charge in [-0.15, -0.1) is 0 Å². The van der Waals surface area contributed by atoms with Gasteiger partial charge < -0.3 is 5.32 Å². The zero-order chi connectivity index (χ0) is 5.98. The predicted octanol–water partition coefficient (Wildman–Crippen LogP) is 0.563. The van der Waals surface area contributed by atoms with Crippen molar-refractivity contribution in [2.24, 2.45) is 4.99 Å². The van der Waals surface area contributed by atoms with Crippen molar-refractivity contribution in [2.45, 2.75) is 13.0 Å². The summed E-state index contributed by atoms with van der Waals surface area (Å²) in [4.78, 5) is 4.12. The van der Waals surface area contributed by atoms with E-state index in [9.17, 15) is 0 Å². The summed E-state index contributed by atoms with van der Waals surface area (Å²) in [7, 11) is 0. The predicted molar refractivity (Wildman–Crippen MR) is 35.1 cm³/mol. The second-order valence-electron chi connectivity index (χ2n) is 1.98. The molecule has 0 aromatic heterocycles. The highest BCUT2D eigenvalue weighted by Gasteiger charge is 2.07. The summed E-state index contributed by atoms with van der Waals surface area (Å²) in [5, 5.41) is 3.14. The first-order valence-corrected chi connectivity index (χ1v) is 2.76. The van der Waals surface area contributed by atoms with Crippen LogP contribution < -0.4 is 5.32 Å². The van der Waals surface area contributed by atoms with Gasteiger partial charge in [0.2, 0.25) is 0 Å². The van der Waals surface area contributed by atoms with Gasteiger partial charge in [-0.25, -0.2) is 0 Å². The summed E-state index contributed by atoms with van der Waals surface area (Å²) in [5.41, 5.74) is 0. The van der Waals surface area contributed by atoms with Crippen molar-refractivity contribution < 1.29 is 0 Å². The van der Waals surface area contributed by atoms with Gasteiger partial charge in [0.25, 0.3) is 0 Å². The number of aliphatic imine (C=N–C) groups is 1. The van der Waals surface area contributed by atoms with Gasteiger partial charge in [-0.05, 0) is 13.0 Å². The molecule has 0 spiro atoms. The van der Waals surface area contributed by atoms with Gasteiger partial charge in [-0.3, -0.25) is 4.99 Å². The molecule has 0 saturated heterocycles. The molecule has 1 heterocycles. The number of hydrogen-bond acceptors (Lipinski definition) is 2. The largest absolute Gasteiger partial charge is 0.366 e. The number of nitrogens with zero attached hydrogens (tertiary/aromatic N) is 1. The fraction of sp³-hybridized carbons (Fsp3) is 0.500. The lowest BCUT2D eigenvalue weighted by Crippen LogP contribution is -2.25. The van der Waals surface area contributed by atoms with Crippen molar-refractivity contribution in [1.82, 2.24) is 5.32 Å². The van der Waals surface area contributed by atoms with E-state index in [4.69, 9.17) is 0 Å². The van der Waals surface area contributed by atoms with Crippen LogP contribution in [0.5, 0.6) is 0 Å². The second kappa shape index (κ2) is 1.99. The van der Waals surface area contributed by atoms with Gasteiger partial charge in [0.15, 0.2) is 0 Å². The lowest BCUT2D eigenvalue weighted by atomic mass is 10.4. The quantitative estimate of drug-likeness (QED) is 0.524. The van der Waals surface area contributed by atoms with Crippen molar-refractivity contribution in [1.29, 1.82) is 0 Å². The normalized spacial score (nSPS) is 26.6. The van der Waals surface area contributed by atoms with Crippen molar-refractivity contribution in [3.8, 4) is 0 Å². The topological polar surface area (TPSA) is 24.4 Å². The maximum Gasteiger partial charge on any atom is 0.120 e. The first-order valence-electron chi connectivity index (χ1n) is 2.76. The Morgan fingerprint density at radius 1 is 2.00 bits per heavy atom. The minimum Gasteiger partial charge on any atom is -0.366 e. The van der Waals surface area contributed by atoms with Crippen LogP contribution in [0.4, 0.5) is 0 Å². The molecule has 0 amide bonds. The van der Waals surface area contributed by atoms with Crippen LogP contribution in [0, 0.1) is 0 Å². The van der Waals surface area contributed by atoms with E-state index in [0.717, 1.165) is 12.4 Å². The standard InChI is InChI=1S/C6H10N2/c1-3-6-7-4-5(2)8-6/h3,5H,1,4H2,2H3,(H,7,8). The Morgan fingerprint density at radius 2 is 2.75 bits per heavy atom. The molecule has 2 nitrogen and oxygen atoms in total. The van der Waals surface area contributed by atoms with Gasteiger partial charge in [0.1, 0.15) is 5.84 Å². The molecular weight excluding hydrogens is 100 g/mol. The highest BCUT2D eigenvalue weighted by atomic mass is 15.1. The third-order valence-corrected chi connectivity index (χ3v) is 1.12. The van der Waals surface area contributed by atoms with E-state index in [1.165, 1.54) is 0 Å². The minimum atomic E-state index is 0.503. The molecule has 0 aromatic rings. The molecule has 2 heteroatoms. The molecule has 1 atom stereocenters. The first-order chi connectivity index (χ1) is 3.83. The van der Waals surface area contributed by atoms with Crippen molar-refractivity contribution in [2.75, 3.05) is 6.54 Å². The van der Waals surface area contributed by atoms with Crippen LogP contribution in [-0.4, -0.2) is 18.4 Å². The van der Waals surface area contributed by atoms with Crippen LogP contribution in [-0.2, 0) is 0 Å². The van der Waals surface area contributed by atoms with Crippen LogP contribution in [0.3, 0.4) is 0 Å². The molecule has 1 aliphatic rings. The molecule has 8 heavy (non-hydrogen) atoms. The maximum absolute atomic E-state index is 4.12. The van der Waals surface area contributed by atoms with Crippen LogP contribution in [0.1, 0.15) is 6.92 Å². The Morgan fingerprint density at radius 3 is 3.00 bits per heavy atom. The Labute approximate surface area is 49.3 Å². The lowest BCUT2D eigenvalue weighted by molar-refractivity contribution is 0.726. The monoisotopic (exact) mass is 110 g/mol. The average Bonchev–Trinajstić information content (AvgIpc) is 2.14. The van der Waals surface area contributed by atoms with Crippen LogP contribution in [0.2, 0.25) is 0 Å². The molecule has 0 saturated carbocycles. The number of rotatable bonds is 1. The third-order valence-electron chi connectivity index (χ3n) is 1.12. The highest BCUT2D eigenvalue weighted by molar-refractivity contribution is 5.93. The van der Waals surface area contributed by atoms with E-state index in [-0.39, 0.29) is 0 Å². The van der Waals surface area contributed by atoms with Crippen LogP contribution in [0.25, 0.3) is 0 Å². The molecule has 1 N–H and O–H groups in total. The lowest BCUT2D eigenvalue weighted by Gasteiger charge is -1.99. The van der Waals surface area contributed by atoms with E-state index in [0.29, 0.717) is 6.04 Å². The highest BCUT2D eigenvalue weighted by Crippen LogP contribution is 1.93. The van der Waals surface area contributed by atoms with Gasteiger partial charge in [0.05, 0.1) is 6.54 Å². The summed E-state index contributed by atoms with van der Waals surface area (Å²) in [6.45, 7) is 6.57. The first kappa shape index (κ1) is 5.35. The molecule has 1 unspecified atom stereocenters. The number of nitrogens with one attached hydrogen (secondary N) is 1. The molecule has 0 fully saturated rings. The molecule has 0 aromatic carbocycles. The van der Waals surface area contributed by atoms with E-state index >= 15 is 0 Å². The fourth-order valence-corrected chi connectivity index (χ4v) is 0.702. The second-order valence-corrected chi connectivity index (χ2v) is 1.98. The number of amidine groups is 1. The van der Waals surface area contributed by atoms with E-state index in [1.54, 1.807) is 6.08 Å². The Bertz CT molecular complexity index is 126.